The molecule has 0 atom stereocenters. The lowest BCUT2D eigenvalue weighted by atomic mass is 10.2. The maximum absolute atomic E-state index is 4.72. The number of nitrogens with one attached hydrogen (secondary N) is 1. The first-order valence-electron chi connectivity index (χ1n) is 8.67. The molecule has 128 valence electrons. The molecule has 0 saturated heterocycles. The summed E-state index contributed by atoms with van der Waals surface area (Å²) in [6.07, 6.45) is 0. The summed E-state index contributed by atoms with van der Waals surface area (Å²) >= 11 is 0. The van der Waals surface area contributed by atoms with Gasteiger partial charge < -0.3 is 10.2 Å². The highest BCUT2D eigenvalue weighted by Crippen LogP contribution is 2.17. The van der Waals surface area contributed by atoms with Gasteiger partial charge in [0.15, 0.2) is 0 Å². The number of aryl methyl sites for hydroxylation is 1. The minimum absolute atomic E-state index is 0.752. The van der Waals surface area contributed by atoms with Gasteiger partial charge in [-0.05, 0) is 25.0 Å². The van der Waals surface area contributed by atoms with Crippen molar-refractivity contribution in [1.82, 2.24) is 9.97 Å². The van der Waals surface area contributed by atoms with Crippen molar-refractivity contribution in [2.45, 2.75) is 26.9 Å². The van der Waals surface area contributed by atoms with E-state index in [1.54, 1.807) is 0 Å². The molecule has 0 aliphatic heterocycles. The fraction of sp³-hybridized carbons (Fsp3) is 0.238. The highest BCUT2D eigenvalue weighted by Gasteiger charge is 2.10. The van der Waals surface area contributed by atoms with E-state index >= 15 is 0 Å². The molecule has 3 rings (SSSR count). The number of anilines is 2. The Kier molecular flexibility index (Phi) is 5.62. The highest BCUT2D eigenvalue weighted by molar-refractivity contribution is 5.44. The average molecular weight is 332 g/mol. The van der Waals surface area contributed by atoms with Gasteiger partial charge in [0.25, 0.3) is 0 Å². The van der Waals surface area contributed by atoms with Gasteiger partial charge >= 0.3 is 0 Å². The van der Waals surface area contributed by atoms with Crippen LogP contribution in [0.5, 0.6) is 0 Å². The summed E-state index contributed by atoms with van der Waals surface area (Å²) in [6.45, 7) is 6.55. The lowest BCUT2D eigenvalue weighted by molar-refractivity contribution is 0.787. The second-order valence-electron chi connectivity index (χ2n) is 6.03. The standard InChI is InChI=1S/C21H24N4/c1-3-25(16-19-12-8-5-9-13-19)21-23-17(2)14-20(24-21)22-15-18-10-6-4-7-11-18/h4-14H,3,15-16H2,1-2H3,(H,22,23,24). The molecule has 0 bridgehead atoms. The largest absolute Gasteiger partial charge is 0.366 e. The number of hydrogen-bond acceptors (Lipinski definition) is 4. The Labute approximate surface area is 149 Å². The SMILES string of the molecule is CCN(Cc1ccccc1)c1nc(C)cc(NCc2ccccc2)n1. The van der Waals surface area contributed by atoms with E-state index in [9.17, 15) is 0 Å². The molecule has 4 nitrogen and oxygen atoms in total. The van der Waals surface area contributed by atoms with E-state index in [-0.39, 0.29) is 0 Å². The van der Waals surface area contributed by atoms with Crippen LogP contribution in [0.25, 0.3) is 0 Å². The van der Waals surface area contributed by atoms with Crippen LogP contribution in [0.3, 0.4) is 0 Å². The molecule has 1 aromatic heterocycles. The molecule has 1 heterocycles. The van der Waals surface area contributed by atoms with Gasteiger partial charge in [-0.25, -0.2) is 4.98 Å². The number of benzene rings is 2. The van der Waals surface area contributed by atoms with Crippen LogP contribution in [-0.2, 0) is 13.1 Å². The zero-order valence-corrected chi connectivity index (χ0v) is 14.8. The molecule has 4 heteroatoms. The van der Waals surface area contributed by atoms with E-state index < -0.39 is 0 Å². The van der Waals surface area contributed by atoms with Crippen molar-refractivity contribution >= 4 is 11.8 Å². The van der Waals surface area contributed by atoms with Crippen LogP contribution in [0.2, 0.25) is 0 Å². The van der Waals surface area contributed by atoms with Crippen LogP contribution in [0.4, 0.5) is 11.8 Å². The van der Waals surface area contributed by atoms with E-state index in [0.717, 1.165) is 37.1 Å². The van der Waals surface area contributed by atoms with Gasteiger partial charge in [-0.1, -0.05) is 60.7 Å². The van der Waals surface area contributed by atoms with Crippen molar-refractivity contribution in [3.8, 4) is 0 Å². The summed E-state index contributed by atoms with van der Waals surface area (Å²) < 4.78 is 0. The molecule has 0 unspecified atom stereocenters. The zero-order chi connectivity index (χ0) is 17.5. The number of aromatic nitrogens is 2. The van der Waals surface area contributed by atoms with Gasteiger partial charge in [-0.2, -0.15) is 4.98 Å². The summed E-state index contributed by atoms with van der Waals surface area (Å²) in [5.41, 5.74) is 3.46. The van der Waals surface area contributed by atoms with E-state index in [1.807, 2.05) is 37.3 Å². The van der Waals surface area contributed by atoms with Crippen LogP contribution >= 0.6 is 0 Å². The molecule has 0 aliphatic carbocycles. The minimum Gasteiger partial charge on any atom is -0.366 e. The second-order valence-corrected chi connectivity index (χ2v) is 6.03. The predicted molar refractivity (Wildman–Crippen MR) is 104 cm³/mol. The molecule has 0 radical (unpaired) electrons. The van der Waals surface area contributed by atoms with E-state index in [1.165, 1.54) is 11.1 Å². The first-order valence-corrected chi connectivity index (χ1v) is 8.67. The summed E-state index contributed by atoms with van der Waals surface area (Å²) in [7, 11) is 0. The second kappa shape index (κ2) is 8.29. The Hall–Kier alpha value is -2.88. The molecule has 0 amide bonds. The molecule has 3 aromatic rings. The Morgan fingerprint density at radius 1 is 0.880 bits per heavy atom. The van der Waals surface area contributed by atoms with Gasteiger partial charge in [0.1, 0.15) is 5.82 Å². The van der Waals surface area contributed by atoms with Crippen LogP contribution < -0.4 is 10.2 Å². The molecule has 0 fully saturated rings. The van der Waals surface area contributed by atoms with Crippen LogP contribution in [0.1, 0.15) is 23.7 Å². The van der Waals surface area contributed by atoms with Crippen LogP contribution in [0, 0.1) is 6.92 Å². The minimum atomic E-state index is 0.752. The van der Waals surface area contributed by atoms with Gasteiger partial charge in [0.05, 0.1) is 0 Å². The zero-order valence-electron chi connectivity index (χ0n) is 14.8. The van der Waals surface area contributed by atoms with Crippen molar-refractivity contribution in [2.75, 3.05) is 16.8 Å². The van der Waals surface area contributed by atoms with E-state index in [0.29, 0.717) is 0 Å². The molecule has 25 heavy (non-hydrogen) atoms. The average Bonchev–Trinajstić information content (AvgIpc) is 2.66. The normalized spacial score (nSPS) is 10.5. The molecule has 0 saturated carbocycles. The lowest BCUT2D eigenvalue weighted by Gasteiger charge is -2.22. The molecule has 0 aliphatic rings. The predicted octanol–water partition coefficient (Wildman–Crippen LogP) is 4.42. The molecule has 2 aromatic carbocycles. The Morgan fingerprint density at radius 2 is 1.52 bits per heavy atom. The number of rotatable bonds is 7. The summed E-state index contributed by atoms with van der Waals surface area (Å²) in [4.78, 5) is 11.5. The number of nitrogens with zero attached hydrogens (tertiary/aromatic N) is 3. The van der Waals surface area contributed by atoms with Crippen molar-refractivity contribution in [3.63, 3.8) is 0 Å². The highest BCUT2D eigenvalue weighted by atomic mass is 15.3. The third-order valence-electron chi connectivity index (χ3n) is 4.04. The van der Waals surface area contributed by atoms with Crippen LogP contribution in [-0.4, -0.2) is 16.5 Å². The molecular weight excluding hydrogens is 308 g/mol. The lowest BCUT2D eigenvalue weighted by Crippen LogP contribution is -2.24. The topological polar surface area (TPSA) is 41.1 Å². The first kappa shape index (κ1) is 17.0. The third kappa shape index (κ3) is 4.80. The third-order valence-corrected chi connectivity index (χ3v) is 4.04. The Morgan fingerprint density at radius 3 is 2.16 bits per heavy atom. The van der Waals surface area contributed by atoms with Crippen molar-refractivity contribution in [1.29, 1.82) is 0 Å². The fourth-order valence-electron chi connectivity index (χ4n) is 2.70. The van der Waals surface area contributed by atoms with Crippen molar-refractivity contribution in [2.24, 2.45) is 0 Å². The van der Waals surface area contributed by atoms with Gasteiger partial charge in [-0.3, -0.25) is 0 Å². The molecule has 0 spiro atoms. The van der Waals surface area contributed by atoms with Gasteiger partial charge in [0, 0.05) is 31.4 Å². The summed E-state index contributed by atoms with van der Waals surface area (Å²) in [5.74, 6) is 1.62. The van der Waals surface area contributed by atoms with Gasteiger partial charge in [-0.15, -0.1) is 0 Å². The maximum Gasteiger partial charge on any atom is 0.227 e. The summed E-state index contributed by atoms with van der Waals surface area (Å²) in [6, 6.07) is 22.8. The van der Waals surface area contributed by atoms with E-state index in [2.05, 4.69) is 58.5 Å². The van der Waals surface area contributed by atoms with E-state index in [4.69, 9.17) is 4.98 Å². The molecular formula is C21H24N4. The van der Waals surface area contributed by atoms with Gasteiger partial charge in [0.2, 0.25) is 5.95 Å². The quantitative estimate of drug-likeness (QED) is 0.695. The Bertz CT molecular complexity index is 788. The maximum atomic E-state index is 4.72. The first-order chi connectivity index (χ1) is 12.2. The molecule has 1 N–H and O–H groups in total. The fourth-order valence-corrected chi connectivity index (χ4v) is 2.70. The smallest absolute Gasteiger partial charge is 0.227 e. The number of hydrogen-bond donors (Lipinski definition) is 1. The van der Waals surface area contributed by atoms with Crippen LogP contribution in [0.15, 0.2) is 66.7 Å². The van der Waals surface area contributed by atoms with Crippen molar-refractivity contribution in [3.05, 3.63) is 83.6 Å². The summed E-state index contributed by atoms with van der Waals surface area (Å²) in [5, 5.41) is 3.41. The monoisotopic (exact) mass is 332 g/mol. The van der Waals surface area contributed by atoms with Crippen molar-refractivity contribution < 1.29 is 0 Å². The Balaban J connectivity index is 1.75.